The number of halogens is 2. The van der Waals surface area contributed by atoms with Crippen LogP contribution in [0.3, 0.4) is 0 Å². The molecule has 1 heterocycles. The number of ether oxygens (including phenoxy) is 2. The number of hydrogen-bond donors (Lipinski definition) is 0. The van der Waals surface area contributed by atoms with Gasteiger partial charge >= 0.3 is 0 Å². The van der Waals surface area contributed by atoms with Crippen molar-refractivity contribution in [2.24, 2.45) is 11.8 Å². The van der Waals surface area contributed by atoms with Crippen molar-refractivity contribution in [1.29, 1.82) is 0 Å². The third-order valence-corrected chi connectivity index (χ3v) is 5.05. The van der Waals surface area contributed by atoms with Crippen LogP contribution >= 0.6 is 0 Å². The van der Waals surface area contributed by atoms with E-state index in [0.717, 1.165) is 58.2 Å². The van der Waals surface area contributed by atoms with Crippen LogP contribution in [0.5, 0.6) is 0 Å². The van der Waals surface area contributed by atoms with E-state index in [1.165, 1.54) is 18.4 Å². The van der Waals surface area contributed by atoms with Crippen molar-refractivity contribution < 1.29 is 18.3 Å². The van der Waals surface area contributed by atoms with Gasteiger partial charge in [-0.1, -0.05) is 25.0 Å². The molecule has 0 saturated carbocycles. The van der Waals surface area contributed by atoms with Crippen molar-refractivity contribution in [2.75, 3.05) is 13.2 Å². The molecule has 1 aliphatic heterocycles. The predicted molar refractivity (Wildman–Crippen MR) is 88.6 cm³/mol. The first-order chi connectivity index (χ1) is 11.2. The summed E-state index contributed by atoms with van der Waals surface area (Å²) < 4.78 is 36.3. The van der Waals surface area contributed by atoms with Crippen LogP contribution in [0.2, 0.25) is 0 Å². The molecule has 0 aromatic rings. The molecule has 0 bridgehead atoms. The Morgan fingerprint density at radius 2 is 1.91 bits per heavy atom. The maximum absolute atomic E-state index is 12.4. The first kappa shape index (κ1) is 18.9. The fourth-order valence-corrected chi connectivity index (χ4v) is 3.62. The summed E-state index contributed by atoms with van der Waals surface area (Å²) >= 11 is 0. The van der Waals surface area contributed by atoms with Gasteiger partial charge in [0.05, 0.1) is 13.2 Å². The minimum absolute atomic E-state index is 0.0149. The molecular weight excluding hydrogens is 298 g/mol. The van der Waals surface area contributed by atoms with Gasteiger partial charge in [0.15, 0.2) is 6.29 Å². The zero-order valence-corrected chi connectivity index (χ0v) is 14.4. The lowest BCUT2D eigenvalue weighted by atomic mass is 9.86. The largest absolute Gasteiger partial charge is 0.352 e. The van der Waals surface area contributed by atoms with E-state index in [-0.39, 0.29) is 18.6 Å². The molecule has 0 aromatic carbocycles. The van der Waals surface area contributed by atoms with Crippen LogP contribution in [-0.4, -0.2) is 25.9 Å². The Morgan fingerprint density at radius 3 is 2.52 bits per heavy atom. The van der Waals surface area contributed by atoms with Crippen LogP contribution in [0.1, 0.15) is 71.1 Å². The lowest BCUT2D eigenvalue weighted by Crippen LogP contribution is -2.31. The molecular formula is C19H32F2O2. The Hall–Kier alpha value is -0.480. The van der Waals surface area contributed by atoms with E-state index < -0.39 is 6.43 Å². The van der Waals surface area contributed by atoms with Crippen LogP contribution in [0.4, 0.5) is 8.78 Å². The summed E-state index contributed by atoms with van der Waals surface area (Å²) in [6.45, 7) is 3.88. The molecule has 1 aliphatic carbocycles. The molecule has 1 atom stereocenters. The van der Waals surface area contributed by atoms with E-state index in [2.05, 4.69) is 13.0 Å². The zero-order valence-electron chi connectivity index (χ0n) is 14.4. The molecule has 134 valence electrons. The molecule has 1 saturated heterocycles. The number of unbranched alkanes of at least 4 members (excludes halogenated alkanes) is 1. The van der Waals surface area contributed by atoms with E-state index in [0.29, 0.717) is 5.92 Å². The maximum Gasteiger partial charge on any atom is 0.238 e. The van der Waals surface area contributed by atoms with E-state index >= 15 is 0 Å². The second kappa shape index (κ2) is 10.4. The van der Waals surface area contributed by atoms with Crippen LogP contribution in [0.25, 0.3) is 0 Å². The van der Waals surface area contributed by atoms with Crippen molar-refractivity contribution in [3.8, 4) is 0 Å². The Labute approximate surface area is 139 Å². The molecule has 0 amide bonds. The Morgan fingerprint density at radius 1 is 1.13 bits per heavy atom. The monoisotopic (exact) mass is 330 g/mol. The van der Waals surface area contributed by atoms with Gasteiger partial charge in [0.1, 0.15) is 0 Å². The van der Waals surface area contributed by atoms with Crippen molar-refractivity contribution >= 4 is 0 Å². The van der Waals surface area contributed by atoms with Crippen molar-refractivity contribution in [1.82, 2.24) is 0 Å². The van der Waals surface area contributed by atoms with Crippen LogP contribution < -0.4 is 0 Å². The van der Waals surface area contributed by atoms with E-state index in [1.54, 1.807) is 0 Å². The minimum atomic E-state index is -2.15. The smallest absolute Gasteiger partial charge is 0.238 e. The summed E-state index contributed by atoms with van der Waals surface area (Å²) in [5, 5.41) is 0. The Bertz CT molecular complexity index is 349. The van der Waals surface area contributed by atoms with Gasteiger partial charge in [0, 0.05) is 12.3 Å². The number of rotatable bonds is 9. The quantitative estimate of drug-likeness (QED) is 0.398. The fourth-order valence-electron chi connectivity index (χ4n) is 3.62. The highest BCUT2D eigenvalue weighted by molar-refractivity contribution is 5.06. The average molecular weight is 330 g/mol. The molecule has 4 heteroatoms. The summed E-state index contributed by atoms with van der Waals surface area (Å²) in [5.41, 5.74) is 1.46. The second-order valence-electron chi connectivity index (χ2n) is 7.13. The summed E-state index contributed by atoms with van der Waals surface area (Å²) in [6.07, 6.45) is 9.60. The van der Waals surface area contributed by atoms with Gasteiger partial charge in [-0.15, -0.1) is 0 Å². The molecule has 0 radical (unpaired) electrons. The lowest BCUT2D eigenvalue weighted by molar-refractivity contribution is -0.204. The van der Waals surface area contributed by atoms with Crippen molar-refractivity contribution in [3.05, 3.63) is 11.6 Å². The van der Waals surface area contributed by atoms with Crippen LogP contribution in [0.15, 0.2) is 11.6 Å². The molecule has 2 aliphatic rings. The number of hydrogen-bond acceptors (Lipinski definition) is 2. The Balaban J connectivity index is 1.52. The number of allylic oxidation sites excluding steroid dienone is 2. The molecule has 1 fully saturated rings. The fraction of sp³-hybridized carbons (Fsp3) is 0.895. The van der Waals surface area contributed by atoms with Gasteiger partial charge in [-0.2, -0.15) is 0 Å². The highest BCUT2D eigenvalue weighted by Crippen LogP contribution is 2.30. The molecule has 2 rings (SSSR count). The SMILES string of the molecule is CCCC1COC(CCCCC2=CCC(CC(F)F)CC2)OC1. The zero-order chi connectivity index (χ0) is 16.5. The van der Waals surface area contributed by atoms with Gasteiger partial charge in [0.25, 0.3) is 0 Å². The van der Waals surface area contributed by atoms with E-state index in [4.69, 9.17) is 9.47 Å². The molecule has 0 N–H and O–H groups in total. The first-order valence-corrected chi connectivity index (χ1v) is 9.36. The standard InChI is InChI=1S/C19H32F2O2/c1-2-5-17-13-22-19(23-14-17)7-4-3-6-15-8-10-16(11-9-15)12-18(20)21/h8,16-19H,2-7,9-14H2,1H3. The van der Waals surface area contributed by atoms with E-state index in [1.807, 2.05) is 0 Å². The minimum Gasteiger partial charge on any atom is -0.352 e. The highest BCUT2D eigenvalue weighted by Gasteiger charge is 2.21. The van der Waals surface area contributed by atoms with Gasteiger partial charge in [-0.05, 0) is 57.3 Å². The summed E-state index contributed by atoms with van der Waals surface area (Å²) in [5.74, 6) is 0.767. The summed E-state index contributed by atoms with van der Waals surface area (Å²) in [6, 6.07) is 0. The second-order valence-corrected chi connectivity index (χ2v) is 7.13. The van der Waals surface area contributed by atoms with Crippen molar-refractivity contribution in [3.63, 3.8) is 0 Å². The summed E-state index contributed by atoms with van der Waals surface area (Å²) in [7, 11) is 0. The average Bonchev–Trinajstić information content (AvgIpc) is 2.54. The first-order valence-electron chi connectivity index (χ1n) is 9.36. The van der Waals surface area contributed by atoms with E-state index in [9.17, 15) is 8.78 Å². The number of alkyl halides is 2. The molecule has 2 nitrogen and oxygen atoms in total. The van der Waals surface area contributed by atoms with Crippen molar-refractivity contribution in [2.45, 2.75) is 83.8 Å². The topological polar surface area (TPSA) is 18.5 Å². The maximum atomic E-state index is 12.4. The molecule has 1 unspecified atom stereocenters. The highest BCUT2D eigenvalue weighted by atomic mass is 19.3. The lowest BCUT2D eigenvalue weighted by Gasteiger charge is -2.29. The van der Waals surface area contributed by atoms with Crippen LogP contribution in [-0.2, 0) is 9.47 Å². The molecule has 0 aromatic heterocycles. The third kappa shape index (κ3) is 7.30. The Kier molecular flexibility index (Phi) is 8.52. The van der Waals surface area contributed by atoms with Gasteiger partial charge in [-0.25, -0.2) is 8.78 Å². The molecule has 23 heavy (non-hydrogen) atoms. The summed E-state index contributed by atoms with van der Waals surface area (Å²) in [4.78, 5) is 0. The third-order valence-electron chi connectivity index (χ3n) is 5.05. The van der Waals surface area contributed by atoms with Crippen LogP contribution in [0, 0.1) is 11.8 Å². The van der Waals surface area contributed by atoms with Gasteiger partial charge in [-0.3, -0.25) is 0 Å². The predicted octanol–water partition coefficient (Wildman–Crippen LogP) is 5.72. The normalized spacial score (nSPS) is 28.9. The van der Waals surface area contributed by atoms with Gasteiger partial charge < -0.3 is 9.47 Å². The molecule has 0 spiro atoms. The van der Waals surface area contributed by atoms with Gasteiger partial charge in [0.2, 0.25) is 6.43 Å².